The van der Waals surface area contributed by atoms with Crippen LogP contribution >= 0.6 is 58.0 Å². The van der Waals surface area contributed by atoms with E-state index in [1.165, 1.54) is 0 Å². The normalized spacial score (nSPS) is 10.2. The second-order valence-electron chi connectivity index (χ2n) is 12.6. The van der Waals surface area contributed by atoms with Gasteiger partial charge in [0.2, 0.25) is 0 Å². The van der Waals surface area contributed by atoms with E-state index in [-0.39, 0.29) is 268 Å². The maximum absolute atomic E-state index is 10.5. The summed E-state index contributed by atoms with van der Waals surface area (Å²) in [4.78, 5) is 4.92. The van der Waals surface area contributed by atoms with E-state index in [0.29, 0.717) is 62.1 Å². The van der Waals surface area contributed by atoms with Gasteiger partial charge in [-0.3, -0.25) is 18.9 Å². The Labute approximate surface area is 677 Å². The van der Waals surface area contributed by atoms with Crippen LogP contribution in [0.5, 0.6) is 0 Å². The van der Waals surface area contributed by atoms with Crippen molar-refractivity contribution in [3.63, 3.8) is 0 Å². The molecule has 0 aromatic heterocycles. The average molecular weight is 1530 g/mol. The monoisotopic (exact) mass is 1520 g/mol. The van der Waals surface area contributed by atoms with E-state index >= 15 is 0 Å². The molecule has 0 heterocycles. The Bertz CT molecular complexity index is 1760. The maximum atomic E-state index is 10.5. The summed E-state index contributed by atoms with van der Waals surface area (Å²) in [6, 6.07) is 0. The van der Waals surface area contributed by atoms with E-state index in [4.69, 9.17) is 119 Å². The van der Waals surface area contributed by atoms with Crippen molar-refractivity contribution in [2.45, 2.75) is 14.9 Å². The molecule has 0 radical (unpaired) electrons. The summed E-state index contributed by atoms with van der Waals surface area (Å²) in [5, 5.41) is 49.9. The van der Waals surface area contributed by atoms with Crippen LogP contribution in [0.15, 0.2) is 0 Å². The van der Waals surface area contributed by atoms with Gasteiger partial charge in [0.25, 0.3) is 20.2 Å². The standard InChI is InChI=1S/C6H12Cl3N.C6H15NO9S3.C6H15NO3.C4H9Cl2N.C4H11NO6S2.C4H11NO2.2CH4.7Na.2O3S/c7-1-4-10(5-2-8)6-3-9;8-17(9,10)4-1-7(2-5-18(11,12)13)3-6-19(14,15)16;8-4-1-7(2-5-9)3-6-10;5-1-3-7-4-2-6;6-12(7,8)3-1-5-2-4-13(9,10)11;6-3-1-5-2-4-7;;;;;;;;;;2*1-4(2)3/h1-6H2;1-6H2,(H,8,9,10)(H,11,12,13)(H,14,15,16);8-10H,1-6H2;7H,1-4H2;5H,1-4H2,(H,6,7,8)(H,9,10,11);5-7H,1-4H2;2*1H4;;;;;;;;;/q;;;;;;;;7*+1;2*-2/p-3. The third-order valence-corrected chi connectivity index (χ3v) is 11.0. The Kier molecular flexibility index (Phi) is 155. The number of hydrogen-bond donors (Lipinski definition) is 10. The summed E-state index contributed by atoms with van der Waals surface area (Å²) in [6.45, 7) is 6.03. The molecule has 51 heteroatoms. The van der Waals surface area contributed by atoms with E-state index in [1.807, 2.05) is 0 Å². The first kappa shape index (κ1) is 134. The number of aliphatic hydroxyl groups is 5. The van der Waals surface area contributed by atoms with Gasteiger partial charge in [0.15, 0.2) is 0 Å². The maximum Gasteiger partial charge on any atom is 1.00 e. The Hall–Kier alpha value is 7.38. The zero-order valence-corrected chi connectivity index (χ0v) is 70.2. The molecule has 0 spiro atoms. The molecule has 0 aromatic rings. The van der Waals surface area contributed by atoms with E-state index in [0.717, 1.165) is 37.6 Å². The van der Waals surface area contributed by atoms with Gasteiger partial charge >= 0.3 is 207 Å². The van der Waals surface area contributed by atoms with Crippen LogP contribution in [-0.4, -0.2) is 304 Å². The number of hydrogen-bond acceptors (Lipinski definition) is 32. The number of nitrogens with zero attached hydrogens (tertiary/aromatic N) is 3. The van der Waals surface area contributed by atoms with Crippen molar-refractivity contribution in [3.8, 4) is 0 Å². The van der Waals surface area contributed by atoms with Crippen molar-refractivity contribution in [2.24, 2.45) is 0 Å². The molecule has 0 unspecified atom stereocenters. The number of halogens is 5. The van der Waals surface area contributed by atoms with Crippen molar-refractivity contribution >= 4 is 131 Å². The largest absolute Gasteiger partial charge is 1.00 e. The zero-order chi connectivity index (χ0) is 59.7. The van der Waals surface area contributed by atoms with Crippen molar-refractivity contribution < 1.29 is 323 Å². The molecule has 0 atom stereocenters. The Balaban J connectivity index is -0.0000000411. The summed E-state index contributed by atoms with van der Waals surface area (Å²) in [6.07, 6.45) is 0. The average Bonchev–Trinajstić information content (AvgIpc) is 3.23. The minimum Gasteiger partial charge on any atom is -0.917 e. The molecule has 0 bridgehead atoms. The molecule has 32 nitrogen and oxygen atoms in total. The minimum absolute atomic E-state index is 0. The predicted molar refractivity (Wildman–Crippen MR) is 286 cm³/mol. The van der Waals surface area contributed by atoms with Crippen LogP contribution in [0, 0.1) is 0 Å². The smallest absolute Gasteiger partial charge is 0.917 e. The molecule has 10 N–H and O–H groups in total. The molecule has 0 aliphatic carbocycles. The van der Waals surface area contributed by atoms with E-state index in [2.05, 4.69) is 20.9 Å². The molecule has 0 rings (SSSR count). The van der Waals surface area contributed by atoms with Gasteiger partial charge in [-0.1, -0.05) is 14.9 Å². The summed E-state index contributed by atoms with van der Waals surface area (Å²) >= 11 is 27.3. The number of alkyl halides is 5. The molecule has 0 amide bonds. The molecule has 0 aliphatic rings. The number of aliphatic hydroxyl groups excluding tert-OH is 5. The number of rotatable bonds is 35. The molecular formula is C32H78Cl5N6Na7O26S7. The first-order valence-electron chi connectivity index (χ1n) is 20.4. The van der Waals surface area contributed by atoms with Gasteiger partial charge in [0.05, 0.1) is 92.2 Å². The van der Waals surface area contributed by atoms with Gasteiger partial charge in [-0.15, -0.1) is 58.0 Å². The van der Waals surface area contributed by atoms with E-state index < -0.39 is 121 Å². The molecule has 0 aliphatic heterocycles. The first-order chi connectivity index (χ1) is 34.0. The quantitative estimate of drug-likeness (QED) is 0.00703. The summed E-state index contributed by atoms with van der Waals surface area (Å²) in [5.41, 5.74) is 0. The third-order valence-electron chi connectivity index (χ3n) is 6.62. The second kappa shape index (κ2) is 95.8. The topological polar surface area (TPSA) is 542 Å². The van der Waals surface area contributed by atoms with Gasteiger partial charge in [-0.25, -0.2) is 25.3 Å². The van der Waals surface area contributed by atoms with Gasteiger partial charge in [0.1, 0.15) is 0 Å². The van der Waals surface area contributed by atoms with E-state index in [1.54, 1.807) is 4.90 Å². The molecule has 0 aromatic carbocycles. The molecular weight excluding hydrogens is 1450 g/mol. The van der Waals surface area contributed by atoms with Crippen LogP contribution < -0.4 is 223 Å². The van der Waals surface area contributed by atoms with E-state index in [9.17, 15) is 55.7 Å². The van der Waals surface area contributed by atoms with Crippen LogP contribution in [0.3, 0.4) is 0 Å². The predicted octanol–water partition coefficient (Wildman–Crippen LogP) is -25.7. The molecule has 0 fully saturated rings. The van der Waals surface area contributed by atoms with Crippen LogP contribution in [0.4, 0.5) is 0 Å². The molecule has 83 heavy (non-hydrogen) atoms. The Morgan fingerprint density at radius 2 is 0.554 bits per heavy atom. The van der Waals surface area contributed by atoms with Crippen LogP contribution in [0.2, 0.25) is 0 Å². The third kappa shape index (κ3) is 181. The molecule has 0 saturated heterocycles. The SMILES string of the molecule is C.C.ClCCN(CCCl)CCCl.ClCCNCCCl.O=S(=O)([O-])CCN(CCS(=O)(=O)[O-])CCS(=O)(=O)O.O=S(=O)([O-])CCNCCS(=O)(=O)O.O=[S-](=O)[O-].O=[S-](=O)[O-].OCCN(CCO)CCO.OCCNCCO.[Na+].[Na+].[Na+].[Na+].[Na+].[Na+].[Na+]. The summed E-state index contributed by atoms with van der Waals surface area (Å²) in [5.74, 6) is -0.340. The molecule has 0 saturated carbocycles. The van der Waals surface area contributed by atoms with Gasteiger partial charge < -0.3 is 86.0 Å². The van der Waals surface area contributed by atoms with Crippen LogP contribution in [0.25, 0.3) is 0 Å². The van der Waals surface area contributed by atoms with Gasteiger partial charge in [0, 0.05) is 128 Å². The van der Waals surface area contributed by atoms with Crippen LogP contribution in [0.1, 0.15) is 14.9 Å². The van der Waals surface area contributed by atoms with Gasteiger partial charge in [-0.05, 0) is 0 Å². The number of nitrogens with one attached hydrogen (secondary N) is 3. The zero-order valence-electron chi connectivity index (χ0n) is 46.7. The Morgan fingerprint density at radius 3 is 0.771 bits per heavy atom. The fraction of sp³-hybridized carbons (Fsp3) is 1.00. The molecule has 476 valence electrons. The summed E-state index contributed by atoms with van der Waals surface area (Å²) < 4.78 is 201. The minimum atomic E-state index is -4.56. The fourth-order valence-corrected chi connectivity index (χ4v) is 6.81. The van der Waals surface area contributed by atoms with Gasteiger partial charge in [-0.2, -0.15) is 38.8 Å². The van der Waals surface area contributed by atoms with Crippen molar-refractivity contribution in [2.75, 3.05) is 189 Å². The first-order valence-corrected chi connectivity index (χ1v) is 33.0. The van der Waals surface area contributed by atoms with Crippen molar-refractivity contribution in [1.29, 1.82) is 0 Å². The Morgan fingerprint density at radius 1 is 0.337 bits per heavy atom. The van der Waals surface area contributed by atoms with Crippen molar-refractivity contribution in [3.05, 3.63) is 0 Å². The fourth-order valence-electron chi connectivity index (χ4n) is 3.58. The summed E-state index contributed by atoms with van der Waals surface area (Å²) in [7, 11) is -28.0. The second-order valence-corrected chi connectivity index (χ2v) is 23.0. The van der Waals surface area contributed by atoms with Crippen molar-refractivity contribution in [1.82, 2.24) is 30.7 Å². The van der Waals surface area contributed by atoms with Crippen LogP contribution in [-0.2, 0) is 89.4 Å².